The summed E-state index contributed by atoms with van der Waals surface area (Å²) in [6.07, 6.45) is 2.80. The Balaban J connectivity index is 0. The van der Waals surface area contributed by atoms with Crippen LogP contribution in [-0.2, 0) is 10.1 Å². The van der Waals surface area contributed by atoms with Gasteiger partial charge in [-0.1, -0.05) is 26.7 Å². The third-order valence-electron chi connectivity index (χ3n) is 2.46. The van der Waals surface area contributed by atoms with Gasteiger partial charge in [0.05, 0.1) is 16.2 Å². The van der Waals surface area contributed by atoms with Crippen molar-refractivity contribution in [3.05, 3.63) is 0 Å². The average Bonchev–Trinajstić information content (AvgIpc) is 2.10. The molecule has 0 fully saturated rings. The molecular formula is C10H21KO4S. The van der Waals surface area contributed by atoms with E-state index in [0.29, 0.717) is 25.7 Å². The molecule has 6 heteroatoms. The van der Waals surface area contributed by atoms with Crippen molar-refractivity contribution in [1.82, 2.24) is 0 Å². The topological polar surface area (TPSA) is 77.4 Å². The van der Waals surface area contributed by atoms with Gasteiger partial charge in [0.25, 0.3) is 0 Å². The third-order valence-corrected chi connectivity index (χ3v) is 3.75. The fourth-order valence-electron chi connectivity index (χ4n) is 1.61. The molecule has 0 rings (SSSR count). The molecule has 4 nitrogen and oxygen atoms in total. The molecule has 0 aliphatic rings. The van der Waals surface area contributed by atoms with Crippen molar-refractivity contribution in [1.29, 1.82) is 0 Å². The molecule has 16 heavy (non-hydrogen) atoms. The normalized spacial score (nSPS) is 15.2. The Bertz CT molecular complexity index is 254. The summed E-state index contributed by atoms with van der Waals surface area (Å²) in [5.41, 5.74) is 0. The predicted molar refractivity (Wildman–Crippen MR) is 58.5 cm³/mol. The first-order chi connectivity index (χ1) is 6.91. The van der Waals surface area contributed by atoms with Crippen LogP contribution in [0.5, 0.6) is 0 Å². The Morgan fingerprint density at radius 3 is 1.94 bits per heavy atom. The second-order valence-corrected chi connectivity index (χ2v) is 5.58. The van der Waals surface area contributed by atoms with Crippen LogP contribution in [0.25, 0.3) is 0 Å². The molecule has 0 aliphatic heterocycles. The molecular weight excluding hydrogens is 255 g/mol. The molecule has 0 spiro atoms. The van der Waals surface area contributed by atoms with E-state index in [2.05, 4.69) is 0 Å². The van der Waals surface area contributed by atoms with Crippen molar-refractivity contribution >= 4 is 10.1 Å². The average molecular weight is 276 g/mol. The fraction of sp³-hybridized carbons (Fsp3) is 1.00. The quantitative estimate of drug-likeness (QED) is 0.439. The van der Waals surface area contributed by atoms with Crippen LogP contribution in [-0.4, -0.2) is 29.4 Å². The van der Waals surface area contributed by atoms with Gasteiger partial charge in [-0.05, 0) is 25.7 Å². The van der Waals surface area contributed by atoms with Crippen LogP contribution in [0.15, 0.2) is 0 Å². The van der Waals surface area contributed by atoms with Crippen molar-refractivity contribution in [2.24, 2.45) is 0 Å². The summed E-state index contributed by atoms with van der Waals surface area (Å²) >= 11 is 0. The largest absolute Gasteiger partial charge is 1.00 e. The van der Waals surface area contributed by atoms with Crippen LogP contribution in [0.3, 0.4) is 0 Å². The van der Waals surface area contributed by atoms with Gasteiger partial charge in [0.15, 0.2) is 0 Å². The maximum atomic E-state index is 10.9. The van der Waals surface area contributed by atoms with Crippen molar-refractivity contribution < 1.29 is 69.5 Å². The maximum absolute atomic E-state index is 10.9. The van der Waals surface area contributed by atoms with Gasteiger partial charge in [-0.15, -0.1) is 0 Å². The van der Waals surface area contributed by atoms with Crippen LogP contribution >= 0.6 is 0 Å². The molecule has 0 aliphatic carbocycles. The number of aliphatic hydroxyl groups excluding tert-OH is 1. The Kier molecular flexibility index (Phi) is 12.9. The molecule has 0 heterocycles. The van der Waals surface area contributed by atoms with E-state index in [4.69, 9.17) is 0 Å². The van der Waals surface area contributed by atoms with Crippen molar-refractivity contribution in [3.63, 3.8) is 0 Å². The monoisotopic (exact) mass is 276 g/mol. The zero-order valence-corrected chi connectivity index (χ0v) is 14.4. The Labute approximate surface area is 141 Å². The van der Waals surface area contributed by atoms with E-state index in [1.807, 2.05) is 13.8 Å². The molecule has 0 saturated carbocycles. The van der Waals surface area contributed by atoms with E-state index in [1.54, 1.807) is 0 Å². The first-order valence-corrected chi connectivity index (χ1v) is 7.01. The van der Waals surface area contributed by atoms with Gasteiger partial charge in [0, 0.05) is 5.25 Å². The molecule has 92 valence electrons. The standard InChI is InChI=1S/C10H22O4S.K/c1-3-5-9(11)7-8-10(6-4-2)15(12,13)14;/h9-11H,3-8H2,1-2H3,(H,12,13,14);/q;+1/p-1. The third kappa shape index (κ3) is 9.53. The van der Waals surface area contributed by atoms with Gasteiger partial charge in [-0.25, -0.2) is 8.42 Å². The number of hydrogen-bond acceptors (Lipinski definition) is 4. The van der Waals surface area contributed by atoms with Crippen molar-refractivity contribution in [2.45, 2.75) is 63.7 Å². The summed E-state index contributed by atoms with van der Waals surface area (Å²) in [6, 6.07) is 0. The molecule has 0 amide bonds. The van der Waals surface area contributed by atoms with Gasteiger partial charge in [-0.2, -0.15) is 0 Å². The van der Waals surface area contributed by atoms with E-state index < -0.39 is 21.5 Å². The molecule has 0 bridgehead atoms. The summed E-state index contributed by atoms with van der Waals surface area (Å²) in [5.74, 6) is 0. The van der Waals surface area contributed by atoms with Gasteiger partial charge in [0.1, 0.15) is 0 Å². The molecule has 0 aromatic rings. The van der Waals surface area contributed by atoms with E-state index in [9.17, 15) is 18.1 Å². The fourth-order valence-corrected chi connectivity index (χ4v) is 2.56. The van der Waals surface area contributed by atoms with Crippen molar-refractivity contribution in [3.8, 4) is 0 Å². The van der Waals surface area contributed by atoms with Gasteiger partial charge >= 0.3 is 51.4 Å². The van der Waals surface area contributed by atoms with Crippen LogP contribution in [0, 0.1) is 0 Å². The first kappa shape index (κ1) is 19.8. The smallest absolute Gasteiger partial charge is 0.748 e. The van der Waals surface area contributed by atoms with Crippen LogP contribution in [0.4, 0.5) is 0 Å². The first-order valence-electron chi connectivity index (χ1n) is 5.54. The number of aliphatic hydroxyl groups is 1. The van der Waals surface area contributed by atoms with Crippen LogP contribution < -0.4 is 51.4 Å². The Morgan fingerprint density at radius 1 is 1.06 bits per heavy atom. The molecule has 1 N–H and O–H groups in total. The second-order valence-electron chi connectivity index (χ2n) is 3.92. The molecule has 2 unspecified atom stereocenters. The summed E-state index contributed by atoms with van der Waals surface area (Å²) in [4.78, 5) is 0. The summed E-state index contributed by atoms with van der Waals surface area (Å²) in [7, 11) is -4.20. The van der Waals surface area contributed by atoms with Gasteiger partial charge in [-0.3, -0.25) is 0 Å². The number of hydrogen-bond donors (Lipinski definition) is 1. The van der Waals surface area contributed by atoms with Crippen LogP contribution in [0.2, 0.25) is 0 Å². The van der Waals surface area contributed by atoms with E-state index in [1.165, 1.54) is 0 Å². The van der Waals surface area contributed by atoms with Crippen LogP contribution in [0.1, 0.15) is 52.4 Å². The SMILES string of the molecule is CCCC(O)CCC(CCC)S(=O)(=O)[O-].[K+]. The second kappa shape index (κ2) is 10.4. The molecule has 2 atom stereocenters. The van der Waals surface area contributed by atoms with Crippen molar-refractivity contribution in [2.75, 3.05) is 0 Å². The van der Waals surface area contributed by atoms with Gasteiger partial charge in [0.2, 0.25) is 0 Å². The number of rotatable bonds is 8. The molecule has 0 aromatic heterocycles. The summed E-state index contributed by atoms with van der Waals surface area (Å²) in [6.45, 7) is 3.80. The molecule has 0 saturated heterocycles. The Morgan fingerprint density at radius 2 is 1.56 bits per heavy atom. The minimum Gasteiger partial charge on any atom is -0.748 e. The van der Waals surface area contributed by atoms with Gasteiger partial charge < -0.3 is 9.66 Å². The molecule has 0 radical (unpaired) electrons. The maximum Gasteiger partial charge on any atom is 1.00 e. The summed E-state index contributed by atoms with van der Waals surface area (Å²) in [5, 5.41) is 8.61. The molecule has 0 aromatic carbocycles. The summed E-state index contributed by atoms with van der Waals surface area (Å²) < 4.78 is 32.6. The minimum absolute atomic E-state index is 0. The van der Waals surface area contributed by atoms with E-state index in [0.717, 1.165) is 6.42 Å². The minimum atomic E-state index is -4.20. The van der Waals surface area contributed by atoms with E-state index in [-0.39, 0.29) is 57.8 Å². The zero-order valence-electron chi connectivity index (χ0n) is 10.5. The Hall–Kier alpha value is 1.51. The predicted octanol–water partition coefficient (Wildman–Crippen LogP) is -1.35. The van der Waals surface area contributed by atoms with E-state index >= 15 is 0 Å². The zero-order chi connectivity index (χ0) is 11.9.